The van der Waals surface area contributed by atoms with Crippen LogP contribution in [0, 0.1) is 11.6 Å². The highest BCUT2D eigenvalue weighted by Crippen LogP contribution is 2.27. The maximum Gasteiger partial charge on any atom is 0.167 e. The monoisotopic (exact) mass is 264 g/mol. The molecule has 0 spiro atoms. The normalized spacial score (nSPS) is 10.3. The average molecular weight is 264 g/mol. The maximum atomic E-state index is 13.6. The highest BCUT2D eigenvalue weighted by Gasteiger charge is 2.07. The number of halogens is 2. The van der Waals surface area contributed by atoms with Crippen LogP contribution in [-0.2, 0) is 0 Å². The quantitative estimate of drug-likeness (QED) is 0.828. The van der Waals surface area contributed by atoms with Gasteiger partial charge in [0.25, 0.3) is 0 Å². The second kappa shape index (κ2) is 5.56. The van der Waals surface area contributed by atoms with Crippen LogP contribution in [0.1, 0.15) is 6.92 Å². The highest BCUT2D eigenvalue weighted by molar-refractivity contribution is 5.73. The van der Waals surface area contributed by atoms with E-state index in [1.54, 1.807) is 19.1 Å². The Balaban J connectivity index is 2.24. The predicted molar refractivity (Wildman–Crippen MR) is 71.7 cm³/mol. The maximum absolute atomic E-state index is 13.6. The van der Waals surface area contributed by atoms with Crippen molar-refractivity contribution < 1.29 is 13.5 Å². The lowest BCUT2D eigenvalue weighted by molar-refractivity contribution is 0.321. The predicted octanol–water partition coefficient (Wildman–Crippen LogP) is 3.69. The zero-order valence-electron chi connectivity index (χ0n) is 10.4. The fourth-order valence-electron chi connectivity index (χ4n) is 1.65. The van der Waals surface area contributed by atoms with Gasteiger partial charge in [0.05, 0.1) is 18.0 Å². The molecule has 0 heterocycles. The Labute approximate surface area is 110 Å². The molecule has 0 bridgehead atoms. The Morgan fingerprint density at radius 1 is 1.16 bits per heavy atom. The van der Waals surface area contributed by atoms with E-state index >= 15 is 0 Å². The second-order valence-corrected chi connectivity index (χ2v) is 3.90. The summed E-state index contributed by atoms with van der Waals surface area (Å²) in [6.07, 6.45) is 0. The van der Waals surface area contributed by atoms with Crippen molar-refractivity contribution in [2.75, 3.05) is 17.7 Å². The number of anilines is 3. The van der Waals surface area contributed by atoms with Crippen LogP contribution < -0.4 is 15.8 Å². The number of benzene rings is 2. The van der Waals surface area contributed by atoms with E-state index in [4.69, 9.17) is 10.5 Å². The molecule has 2 aromatic carbocycles. The van der Waals surface area contributed by atoms with Gasteiger partial charge in [0.2, 0.25) is 0 Å². The van der Waals surface area contributed by atoms with Gasteiger partial charge >= 0.3 is 0 Å². The van der Waals surface area contributed by atoms with Crippen molar-refractivity contribution in [2.45, 2.75) is 6.92 Å². The minimum atomic E-state index is -0.517. The number of rotatable bonds is 4. The summed E-state index contributed by atoms with van der Waals surface area (Å²) in [5, 5.41) is 2.86. The summed E-state index contributed by atoms with van der Waals surface area (Å²) < 4.78 is 32.0. The molecule has 2 rings (SSSR count). The standard InChI is InChI=1S/C14H14F2N2O/c1-2-19-13-7-6-9(8-11(13)16)18-12-5-3-4-10(15)14(12)17/h3-8,18H,2,17H2,1H3. The third-order valence-electron chi connectivity index (χ3n) is 2.56. The summed E-state index contributed by atoms with van der Waals surface area (Å²) in [4.78, 5) is 0. The van der Waals surface area contributed by atoms with Crippen LogP contribution in [0.15, 0.2) is 36.4 Å². The first-order chi connectivity index (χ1) is 9.11. The fourth-order valence-corrected chi connectivity index (χ4v) is 1.65. The minimum Gasteiger partial charge on any atom is -0.491 e. The molecule has 0 aromatic heterocycles. The topological polar surface area (TPSA) is 47.3 Å². The number of nitrogen functional groups attached to an aromatic ring is 1. The summed E-state index contributed by atoms with van der Waals surface area (Å²) in [5.74, 6) is -0.821. The lowest BCUT2D eigenvalue weighted by Gasteiger charge is -2.11. The zero-order chi connectivity index (χ0) is 13.8. The van der Waals surface area contributed by atoms with Gasteiger partial charge in [0.15, 0.2) is 11.6 Å². The van der Waals surface area contributed by atoms with Gasteiger partial charge in [-0.3, -0.25) is 0 Å². The van der Waals surface area contributed by atoms with E-state index in [0.717, 1.165) is 0 Å². The van der Waals surface area contributed by atoms with Crippen LogP contribution in [0.25, 0.3) is 0 Å². The van der Waals surface area contributed by atoms with Crippen LogP contribution in [0.4, 0.5) is 25.8 Å². The Morgan fingerprint density at radius 3 is 2.63 bits per heavy atom. The summed E-state index contributed by atoms with van der Waals surface area (Å²) in [6, 6.07) is 8.83. The Morgan fingerprint density at radius 2 is 1.95 bits per heavy atom. The first-order valence-corrected chi connectivity index (χ1v) is 5.85. The molecule has 3 N–H and O–H groups in total. The van der Waals surface area contributed by atoms with Crippen LogP contribution in [0.3, 0.4) is 0 Å². The number of nitrogens with one attached hydrogen (secondary N) is 1. The molecule has 100 valence electrons. The van der Waals surface area contributed by atoms with Gasteiger partial charge in [-0.05, 0) is 31.2 Å². The first kappa shape index (κ1) is 13.1. The van der Waals surface area contributed by atoms with Gasteiger partial charge in [-0.1, -0.05) is 6.07 Å². The van der Waals surface area contributed by atoms with Gasteiger partial charge in [0, 0.05) is 11.8 Å². The first-order valence-electron chi connectivity index (χ1n) is 5.85. The van der Waals surface area contributed by atoms with E-state index in [9.17, 15) is 8.78 Å². The Bertz CT molecular complexity index is 588. The lowest BCUT2D eigenvalue weighted by Crippen LogP contribution is -2.00. The number of hydrogen-bond donors (Lipinski definition) is 2. The van der Waals surface area contributed by atoms with E-state index in [1.165, 1.54) is 24.3 Å². The van der Waals surface area contributed by atoms with Gasteiger partial charge in [-0.15, -0.1) is 0 Å². The van der Waals surface area contributed by atoms with Gasteiger partial charge in [-0.2, -0.15) is 0 Å². The minimum absolute atomic E-state index is 0.00297. The van der Waals surface area contributed by atoms with Crippen LogP contribution in [0.2, 0.25) is 0 Å². The molecule has 0 fully saturated rings. The van der Waals surface area contributed by atoms with Crippen molar-refractivity contribution in [3.05, 3.63) is 48.0 Å². The van der Waals surface area contributed by atoms with E-state index in [1.807, 2.05) is 0 Å². The molecule has 0 aliphatic rings. The van der Waals surface area contributed by atoms with Crippen molar-refractivity contribution in [1.82, 2.24) is 0 Å². The summed E-state index contributed by atoms with van der Waals surface area (Å²) in [7, 11) is 0. The molecule has 0 unspecified atom stereocenters. The summed E-state index contributed by atoms with van der Waals surface area (Å²) in [6.45, 7) is 2.17. The molecule has 0 saturated heterocycles. The largest absolute Gasteiger partial charge is 0.491 e. The third-order valence-corrected chi connectivity index (χ3v) is 2.56. The van der Waals surface area contributed by atoms with Crippen LogP contribution in [-0.4, -0.2) is 6.61 Å². The number of para-hydroxylation sites is 1. The molecular formula is C14H14F2N2O. The second-order valence-electron chi connectivity index (χ2n) is 3.90. The summed E-state index contributed by atoms with van der Waals surface area (Å²) in [5.41, 5.74) is 6.45. The number of nitrogens with two attached hydrogens (primary N) is 1. The van der Waals surface area contributed by atoms with Crippen molar-refractivity contribution in [2.24, 2.45) is 0 Å². The molecule has 0 amide bonds. The molecule has 3 nitrogen and oxygen atoms in total. The molecule has 0 aliphatic heterocycles. The molecule has 5 heteroatoms. The van der Waals surface area contributed by atoms with Crippen molar-refractivity contribution in [3.8, 4) is 5.75 Å². The summed E-state index contributed by atoms with van der Waals surface area (Å²) >= 11 is 0. The lowest BCUT2D eigenvalue weighted by atomic mass is 10.2. The van der Waals surface area contributed by atoms with Gasteiger partial charge in [0.1, 0.15) is 5.82 Å². The molecule has 0 radical (unpaired) electrons. The van der Waals surface area contributed by atoms with E-state index < -0.39 is 11.6 Å². The van der Waals surface area contributed by atoms with E-state index in [0.29, 0.717) is 18.0 Å². The van der Waals surface area contributed by atoms with Crippen molar-refractivity contribution >= 4 is 17.1 Å². The van der Waals surface area contributed by atoms with Crippen molar-refractivity contribution in [1.29, 1.82) is 0 Å². The Kier molecular flexibility index (Phi) is 3.85. The highest BCUT2D eigenvalue weighted by atomic mass is 19.1. The molecule has 0 atom stereocenters. The molecule has 19 heavy (non-hydrogen) atoms. The molecule has 2 aromatic rings. The molecule has 0 aliphatic carbocycles. The fraction of sp³-hybridized carbons (Fsp3) is 0.143. The van der Waals surface area contributed by atoms with Crippen LogP contribution in [0.5, 0.6) is 5.75 Å². The van der Waals surface area contributed by atoms with Gasteiger partial charge in [-0.25, -0.2) is 8.78 Å². The zero-order valence-corrected chi connectivity index (χ0v) is 10.4. The number of hydrogen-bond acceptors (Lipinski definition) is 3. The molecule has 0 saturated carbocycles. The van der Waals surface area contributed by atoms with Gasteiger partial charge < -0.3 is 15.8 Å². The van der Waals surface area contributed by atoms with E-state index in [2.05, 4.69) is 5.32 Å². The van der Waals surface area contributed by atoms with Crippen LogP contribution >= 0.6 is 0 Å². The smallest absolute Gasteiger partial charge is 0.167 e. The molecular weight excluding hydrogens is 250 g/mol. The Hall–Kier alpha value is -2.30. The van der Waals surface area contributed by atoms with Crippen molar-refractivity contribution in [3.63, 3.8) is 0 Å². The third kappa shape index (κ3) is 2.93. The van der Waals surface area contributed by atoms with E-state index in [-0.39, 0.29) is 11.4 Å². The SMILES string of the molecule is CCOc1ccc(Nc2cccc(F)c2N)cc1F. The number of ether oxygens (including phenoxy) is 1. The average Bonchev–Trinajstić information content (AvgIpc) is 2.38.